The van der Waals surface area contributed by atoms with Crippen molar-refractivity contribution >= 4 is 39.9 Å². The summed E-state index contributed by atoms with van der Waals surface area (Å²) in [7, 11) is 0. The Morgan fingerprint density at radius 2 is 1.89 bits per heavy atom. The lowest BCUT2D eigenvalue weighted by molar-refractivity contribution is 0.655. The number of nitrogens with one attached hydrogen (secondary N) is 1. The number of para-hydroxylation sites is 1. The van der Waals surface area contributed by atoms with E-state index in [0.29, 0.717) is 16.7 Å². The van der Waals surface area contributed by atoms with Gasteiger partial charge in [-0.05, 0) is 30.3 Å². The highest BCUT2D eigenvalue weighted by molar-refractivity contribution is 6.42. The quantitative estimate of drug-likeness (QED) is 0.798. The highest BCUT2D eigenvalue weighted by Gasteiger charge is 2.03. The SMILES string of the molecule is Clc1ccc(NCn2nnc3ccccc32)cc1Cl. The van der Waals surface area contributed by atoms with Gasteiger partial charge in [0.1, 0.15) is 12.2 Å². The molecule has 19 heavy (non-hydrogen) atoms. The maximum Gasteiger partial charge on any atom is 0.113 e. The molecule has 3 aromatic rings. The van der Waals surface area contributed by atoms with Crippen LogP contribution in [0.1, 0.15) is 0 Å². The summed E-state index contributed by atoms with van der Waals surface area (Å²) >= 11 is 11.8. The lowest BCUT2D eigenvalue weighted by Crippen LogP contribution is -2.09. The summed E-state index contributed by atoms with van der Waals surface area (Å²) in [6.45, 7) is 0.512. The monoisotopic (exact) mass is 292 g/mol. The summed E-state index contributed by atoms with van der Waals surface area (Å²) in [6.07, 6.45) is 0. The van der Waals surface area contributed by atoms with Crippen LogP contribution in [0.5, 0.6) is 0 Å². The number of nitrogens with zero attached hydrogens (tertiary/aromatic N) is 3. The molecule has 0 amide bonds. The van der Waals surface area contributed by atoms with Crippen LogP contribution in [-0.4, -0.2) is 15.0 Å². The van der Waals surface area contributed by atoms with Crippen LogP contribution in [0.2, 0.25) is 10.0 Å². The summed E-state index contributed by atoms with van der Waals surface area (Å²) in [6, 6.07) is 13.2. The van der Waals surface area contributed by atoms with Crippen LogP contribution in [0.4, 0.5) is 5.69 Å². The Bertz CT molecular complexity index is 723. The second kappa shape index (κ2) is 5.07. The van der Waals surface area contributed by atoms with E-state index in [-0.39, 0.29) is 0 Å². The van der Waals surface area contributed by atoms with Gasteiger partial charge in [0, 0.05) is 5.69 Å². The Labute approximate surface area is 119 Å². The van der Waals surface area contributed by atoms with Gasteiger partial charge in [-0.3, -0.25) is 0 Å². The van der Waals surface area contributed by atoms with Gasteiger partial charge in [0.25, 0.3) is 0 Å². The molecule has 2 aromatic carbocycles. The molecule has 0 atom stereocenters. The minimum absolute atomic E-state index is 0.512. The molecule has 0 aliphatic heterocycles. The van der Waals surface area contributed by atoms with E-state index in [1.165, 1.54) is 0 Å². The van der Waals surface area contributed by atoms with Gasteiger partial charge in [0.05, 0.1) is 15.6 Å². The third-order valence-electron chi connectivity index (χ3n) is 2.77. The molecular weight excluding hydrogens is 283 g/mol. The Kier molecular flexibility index (Phi) is 3.27. The van der Waals surface area contributed by atoms with Gasteiger partial charge in [0.15, 0.2) is 0 Å². The standard InChI is InChI=1S/C13H10Cl2N4/c14-10-6-5-9(7-11(10)15)16-8-19-13-4-2-1-3-12(13)17-18-19/h1-7,16H,8H2. The molecule has 0 bridgehead atoms. The third kappa shape index (κ3) is 2.50. The summed E-state index contributed by atoms with van der Waals surface area (Å²) < 4.78 is 1.79. The highest BCUT2D eigenvalue weighted by atomic mass is 35.5. The minimum Gasteiger partial charge on any atom is -0.366 e. The van der Waals surface area contributed by atoms with Gasteiger partial charge in [-0.1, -0.05) is 40.5 Å². The van der Waals surface area contributed by atoms with E-state index in [9.17, 15) is 0 Å². The van der Waals surface area contributed by atoms with Crippen molar-refractivity contribution in [3.8, 4) is 0 Å². The van der Waals surface area contributed by atoms with Crippen molar-refractivity contribution in [2.45, 2.75) is 6.67 Å². The summed E-state index contributed by atoms with van der Waals surface area (Å²) in [5, 5.41) is 12.5. The van der Waals surface area contributed by atoms with Gasteiger partial charge in [-0.2, -0.15) is 0 Å². The van der Waals surface area contributed by atoms with Crippen LogP contribution in [0.3, 0.4) is 0 Å². The van der Waals surface area contributed by atoms with E-state index >= 15 is 0 Å². The topological polar surface area (TPSA) is 42.7 Å². The Hall–Kier alpha value is -1.78. The average molecular weight is 293 g/mol. The second-order valence-corrected chi connectivity index (χ2v) is 4.86. The molecule has 0 radical (unpaired) electrons. The first-order chi connectivity index (χ1) is 9.24. The number of hydrogen-bond acceptors (Lipinski definition) is 3. The summed E-state index contributed by atoms with van der Waals surface area (Å²) in [5.41, 5.74) is 2.74. The fraction of sp³-hybridized carbons (Fsp3) is 0.0769. The van der Waals surface area contributed by atoms with E-state index in [4.69, 9.17) is 23.2 Å². The second-order valence-electron chi connectivity index (χ2n) is 4.04. The molecular formula is C13H10Cl2N4. The molecule has 6 heteroatoms. The Morgan fingerprint density at radius 1 is 1.05 bits per heavy atom. The third-order valence-corrected chi connectivity index (χ3v) is 3.51. The van der Waals surface area contributed by atoms with Crippen molar-refractivity contribution < 1.29 is 0 Å². The zero-order chi connectivity index (χ0) is 13.2. The number of aromatic nitrogens is 3. The Balaban J connectivity index is 1.80. The van der Waals surface area contributed by atoms with Crippen LogP contribution in [-0.2, 0) is 6.67 Å². The highest BCUT2D eigenvalue weighted by Crippen LogP contribution is 2.25. The average Bonchev–Trinajstić information content (AvgIpc) is 2.83. The fourth-order valence-corrected chi connectivity index (χ4v) is 2.10. The van der Waals surface area contributed by atoms with E-state index in [1.54, 1.807) is 16.8 Å². The first kappa shape index (κ1) is 12.3. The van der Waals surface area contributed by atoms with E-state index < -0.39 is 0 Å². The van der Waals surface area contributed by atoms with Gasteiger partial charge < -0.3 is 5.32 Å². The van der Waals surface area contributed by atoms with E-state index in [2.05, 4.69) is 15.6 Å². The number of hydrogen-bond donors (Lipinski definition) is 1. The molecule has 4 nitrogen and oxygen atoms in total. The first-order valence-electron chi connectivity index (χ1n) is 5.71. The smallest absolute Gasteiger partial charge is 0.113 e. The number of fused-ring (bicyclic) bond motifs is 1. The van der Waals surface area contributed by atoms with Crippen LogP contribution in [0.25, 0.3) is 11.0 Å². The molecule has 3 rings (SSSR count). The van der Waals surface area contributed by atoms with Crippen molar-refractivity contribution in [1.29, 1.82) is 0 Å². The Morgan fingerprint density at radius 3 is 2.74 bits per heavy atom. The molecule has 0 aliphatic rings. The number of halogens is 2. The molecule has 0 saturated heterocycles. The molecule has 1 heterocycles. The maximum absolute atomic E-state index is 5.96. The van der Waals surface area contributed by atoms with Gasteiger partial charge in [-0.15, -0.1) is 5.10 Å². The summed E-state index contributed by atoms with van der Waals surface area (Å²) in [4.78, 5) is 0. The normalized spacial score (nSPS) is 10.8. The van der Waals surface area contributed by atoms with Crippen molar-refractivity contribution in [2.75, 3.05) is 5.32 Å². The zero-order valence-corrected chi connectivity index (χ0v) is 11.4. The molecule has 0 saturated carbocycles. The van der Waals surface area contributed by atoms with Gasteiger partial charge in [-0.25, -0.2) is 4.68 Å². The van der Waals surface area contributed by atoms with E-state index in [0.717, 1.165) is 16.7 Å². The molecule has 1 N–H and O–H groups in total. The zero-order valence-electron chi connectivity index (χ0n) is 9.85. The summed E-state index contributed by atoms with van der Waals surface area (Å²) in [5.74, 6) is 0. The van der Waals surface area contributed by atoms with E-state index in [1.807, 2.05) is 30.3 Å². The number of rotatable bonds is 3. The predicted octanol–water partition coefficient (Wildman–Crippen LogP) is 3.81. The fourth-order valence-electron chi connectivity index (χ4n) is 1.81. The lowest BCUT2D eigenvalue weighted by atomic mass is 10.3. The molecule has 1 aromatic heterocycles. The molecule has 0 fully saturated rings. The molecule has 0 unspecified atom stereocenters. The van der Waals surface area contributed by atoms with Gasteiger partial charge >= 0.3 is 0 Å². The first-order valence-corrected chi connectivity index (χ1v) is 6.47. The number of anilines is 1. The molecule has 96 valence electrons. The number of benzene rings is 2. The lowest BCUT2D eigenvalue weighted by Gasteiger charge is -2.07. The van der Waals surface area contributed by atoms with Crippen LogP contribution in [0.15, 0.2) is 42.5 Å². The van der Waals surface area contributed by atoms with Crippen LogP contribution >= 0.6 is 23.2 Å². The van der Waals surface area contributed by atoms with Crippen LogP contribution < -0.4 is 5.32 Å². The van der Waals surface area contributed by atoms with Crippen molar-refractivity contribution in [2.24, 2.45) is 0 Å². The van der Waals surface area contributed by atoms with Crippen molar-refractivity contribution in [1.82, 2.24) is 15.0 Å². The largest absolute Gasteiger partial charge is 0.366 e. The van der Waals surface area contributed by atoms with Crippen molar-refractivity contribution in [3.63, 3.8) is 0 Å². The molecule has 0 aliphatic carbocycles. The van der Waals surface area contributed by atoms with Crippen LogP contribution in [0, 0.1) is 0 Å². The minimum atomic E-state index is 0.512. The molecule has 0 spiro atoms. The van der Waals surface area contributed by atoms with Crippen molar-refractivity contribution in [3.05, 3.63) is 52.5 Å². The maximum atomic E-state index is 5.96. The predicted molar refractivity (Wildman–Crippen MR) is 77.6 cm³/mol. The van der Waals surface area contributed by atoms with Gasteiger partial charge in [0.2, 0.25) is 0 Å².